The maximum Gasteiger partial charge on any atom is 0.311 e. The molecule has 26 heavy (non-hydrogen) atoms. The van der Waals surface area contributed by atoms with E-state index in [9.17, 15) is 14.4 Å². The number of carbonyl (C=O) groups is 3. The Morgan fingerprint density at radius 1 is 1.27 bits per heavy atom. The molecule has 2 amide bonds. The molecule has 0 bridgehead atoms. The maximum absolute atomic E-state index is 12.7. The lowest BCUT2D eigenvalue weighted by Gasteiger charge is -2.21. The topological polar surface area (TPSA) is 87.7 Å². The monoisotopic (exact) mass is 359 g/mol. The van der Waals surface area contributed by atoms with Crippen LogP contribution < -0.4 is 15.5 Å². The van der Waals surface area contributed by atoms with Crippen LogP contribution in [-0.2, 0) is 19.1 Å². The van der Waals surface area contributed by atoms with Crippen LogP contribution in [0, 0.1) is 5.92 Å². The van der Waals surface area contributed by atoms with Gasteiger partial charge in [0.25, 0.3) is 5.91 Å². The first-order valence-electron chi connectivity index (χ1n) is 8.62. The van der Waals surface area contributed by atoms with Gasteiger partial charge in [-0.3, -0.25) is 19.3 Å². The zero-order valence-corrected chi connectivity index (χ0v) is 15.4. The van der Waals surface area contributed by atoms with Crippen LogP contribution in [-0.4, -0.2) is 38.0 Å². The molecule has 0 fully saturated rings. The average molecular weight is 359 g/mol. The lowest BCUT2D eigenvalue weighted by molar-refractivity contribution is -0.139. The second kappa shape index (κ2) is 9.03. The Balaban J connectivity index is 2.18. The first-order valence-corrected chi connectivity index (χ1v) is 8.62. The molecular weight excluding hydrogens is 334 g/mol. The van der Waals surface area contributed by atoms with Crippen LogP contribution >= 0.6 is 0 Å². The number of rotatable bonds is 7. The largest absolute Gasteiger partial charge is 0.469 e. The second-order valence-electron chi connectivity index (χ2n) is 6.52. The summed E-state index contributed by atoms with van der Waals surface area (Å²) in [6, 6.07) is 7.17. The lowest BCUT2D eigenvalue weighted by atomic mass is 10.1. The maximum atomic E-state index is 12.7. The van der Waals surface area contributed by atoms with Crippen molar-refractivity contribution < 1.29 is 19.1 Å². The smallest absolute Gasteiger partial charge is 0.311 e. The van der Waals surface area contributed by atoms with Crippen molar-refractivity contribution in [1.29, 1.82) is 0 Å². The van der Waals surface area contributed by atoms with Gasteiger partial charge in [0.2, 0.25) is 5.91 Å². The molecule has 2 N–H and O–H groups in total. The molecule has 140 valence electrons. The lowest BCUT2D eigenvalue weighted by Crippen LogP contribution is -2.40. The number of hydrogen-bond acceptors (Lipinski definition) is 5. The quantitative estimate of drug-likeness (QED) is 0.728. The first-order chi connectivity index (χ1) is 12.4. The van der Waals surface area contributed by atoms with E-state index in [0.717, 1.165) is 6.42 Å². The highest BCUT2D eigenvalue weighted by atomic mass is 16.5. The Labute approximate surface area is 153 Å². The van der Waals surface area contributed by atoms with Gasteiger partial charge in [0.05, 0.1) is 24.9 Å². The highest BCUT2D eigenvalue weighted by molar-refractivity contribution is 6.09. The Hall–Kier alpha value is -2.83. The number of anilines is 2. The van der Waals surface area contributed by atoms with E-state index >= 15 is 0 Å². The van der Waals surface area contributed by atoms with Crippen molar-refractivity contribution in [1.82, 2.24) is 5.32 Å². The number of nitrogens with one attached hydrogen (secondary N) is 2. The van der Waals surface area contributed by atoms with Gasteiger partial charge in [-0.15, -0.1) is 0 Å². The third-order valence-electron chi connectivity index (χ3n) is 3.96. The minimum atomic E-state index is -0.450. The molecule has 0 aromatic heterocycles. The van der Waals surface area contributed by atoms with Crippen LogP contribution in [0.15, 0.2) is 36.0 Å². The number of hydrogen-bond donors (Lipinski definition) is 2. The Morgan fingerprint density at radius 3 is 2.69 bits per heavy atom. The van der Waals surface area contributed by atoms with E-state index in [4.69, 9.17) is 0 Å². The fourth-order valence-corrected chi connectivity index (χ4v) is 2.56. The summed E-state index contributed by atoms with van der Waals surface area (Å²) in [5.41, 5.74) is 1.67. The fourth-order valence-electron chi connectivity index (χ4n) is 2.56. The molecule has 1 aromatic carbocycles. The van der Waals surface area contributed by atoms with E-state index in [1.165, 1.54) is 18.1 Å². The zero-order chi connectivity index (χ0) is 19.1. The van der Waals surface area contributed by atoms with Crippen LogP contribution in [0.4, 0.5) is 11.4 Å². The number of nitrogens with zero attached hydrogens (tertiary/aromatic N) is 1. The number of amides is 2. The third-order valence-corrected chi connectivity index (χ3v) is 3.96. The minimum absolute atomic E-state index is 0.0506. The normalized spacial score (nSPS) is 13.5. The number of carbonyl (C=O) groups excluding carboxylic acids is 3. The van der Waals surface area contributed by atoms with E-state index in [1.54, 1.807) is 18.2 Å². The van der Waals surface area contributed by atoms with Crippen LogP contribution in [0.3, 0.4) is 0 Å². The number of esters is 1. The molecule has 7 heteroatoms. The molecule has 0 aliphatic carbocycles. The van der Waals surface area contributed by atoms with Crippen molar-refractivity contribution >= 4 is 29.2 Å². The summed E-state index contributed by atoms with van der Waals surface area (Å²) in [7, 11) is 1.29. The van der Waals surface area contributed by atoms with Gasteiger partial charge in [-0.25, -0.2) is 0 Å². The predicted molar refractivity (Wildman–Crippen MR) is 99.6 cm³/mol. The molecule has 1 heterocycles. The Kier molecular flexibility index (Phi) is 6.77. The molecule has 1 aliphatic rings. The summed E-state index contributed by atoms with van der Waals surface area (Å²) in [6.07, 6.45) is 2.16. The summed E-state index contributed by atoms with van der Waals surface area (Å²) in [6.45, 7) is 4.65. The van der Waals surface area contributed by atoms with Crippen molar-refractivity contribution in [2.45, 2.75) is 26.7 Å². The van der Waals surface area contributed by atoms with E-state index < -0.39 is 5.97 Å². The Bertz CT molecular complexity index is 712. The van der Waals surface area contributed by atoms with E-state index in [-0.39, 0.29) is 24.8 Å². The summed E-state index contributed by atoms with van der Waals surface area (Å²) in [4.78, 5) is 37.8. The fraction of sp³-hybridized carbons (Fsp3) is 0.421. The number of benzene rings is 1. The number of para-hydroxylation sites is 2. The summed E-state index contributed by atoms with van der Waals surface area (Å²) >= 11 is 0. The summed E-state index contributed by atoms with van der Waals surface area (Å²) in [5.74, 6) is -0.545. The highest BCUT2D eigenvalue weighted by Gasteiger charge is 2.24. The van der Waals surface area contributed by atoms with Gasteiger partial charge in [-0.2, -0.15) is 0 Å². The van der Waals surface area contributed by atoms with E-state index in [2.05, 4.69) is 29.2 Å². The minimum Gasteiger partial charge on any atom is -0.469 e. The number of fused-ring (bicyclic) bond motifs is 1. The average Bonchev–Trinajstić information content (AvgIpc) is 2.71. The van der Waals surface area contributed by atoms with Gasteiger partial charge in [-0.05, 0) is 24.5 Å². The molecule has 1 aliphatic heterocycles. The van der Waals surface area contributed by atoms with Crippen molar-refractivity contribution in [3.8, 4) is 0 Å². The van der Waals surface area contributed by atoms with Crippen molar-refractivity contribution in [2.75, 3.05) is 30.4 Å². The van der Waals surface area contributed by atoms with E-state index in [0.29, 0.717) is 29.5 Å². The Morgan fingerprint density at radius 2 is 2.00 bits per heavy atom. The van der Waals surface area contributed by atoms with Gasteiger partial charge in [0, 0.05) is 18.3 Å². The molecule has 0 spiro atoms. The van der Waals surface area contributed by atoms with Crippen molar-refractivity contribution in [3.05, 3.63) is 36.0 Å². The predicted octanol–water partition coefficient (Wildman–Crippen LogP) is 2.05. The third kappa shape index (κ3) is 5.34. The van der Waals surface area contributed by atoms with Crippen molar-refractivity contribution in [2.24, 2.45) is 5.92 Å². The van der Waals surface area contributed by atoms with Gasteiger partial charge in [0.15, 0.2) is 0 Å². The summed E-state index contributed by atoms with van der Waals surface area (Å²) in [5, 5.41) is 5.92. The SMILES string of the molecule is COC(=O)CC1=CC(=O)N(CC(=O)NCCC(C)C)c2ccccc2N1. The van der Waals surface area contributed by atoms with Crippen LogP contribution in [0.5, 0.6) is 0 Å². The van der Waals surface area contributed by atoms with Crippen molar-refractivity contribution in [3.63, 3.8) is 0 Å². The molecule has 0 radical (unpaired) electrons. The van der Waals surface area contributed by atoms with E-state index in [1.807, 2.05) is 6.07 Å². The van der Waals surface area contributed by atoms with Crippen LogP contribution in [0.2, 0.25) is 0 Å². The molecule has 0 unspecified atom stereocenters. The molecular formula is C19H25N3O4. The number of ether oxygens (including phenoxy) is 1. The summed E-state index contributed by atoms with van der Waals surface area (Å²) < 4.78 is 4.66. The first kappa shape index (κ1) is 19.5. The standard InChI is InChI=1S/C19H25N3O4/c1-13(2)8-9-20-17(23)12-22-16-7-5-4-6-15(16)21-14(10-18(22)24)11-19(25)26-3/h4-7,10,13,21H,8-9,11-12H2,1-3H3,(H,20,23). The van der Waals surface area contributed by atoms with Gasteiger partial charge in [-0.1, -0.05) is 26.0 Å². The molecule has 0 saturated carbocycles. The molecule has 0 atom stereocenters. The molecule has 2 rings (SSSR count). The second-order valence-corrected chi connectivity index (χ2v) is 6.52. The highest BCUT2D eigenvalue weighted by Crippen LogP contribution is 2.30. The zero-order valence-electron chi connectivity index (χ0n) is 15.4. The molecule has 7 nitrogen and oxygen atoms in total. The van der Waals surface area contributed by atoms with Gasteiger partial charge in [0.1, 0.15) is 6.54 Å². The van der Waals surface area contributed by atoms with Crippen LogP contribution in [0.25, 0.3) is 0 Å². The van der Waals surface area contributed by atoms with Gasteiger partial charge < -0.3 is 15.4 Å². The molecule has 0 saturated heterocycles. The molecule has 1 aromatic rings. The number of methoxy groups -OCH3 is 1. The van der Waals surface area contributed by atoms with Crippen LogP contribution in [0.1, 0.15) is 26.7 Å². The van der Waals surface area contributed by atoms with Gasteiger partial charge >= 0.3 is 5.97 Å².